The number of imidazole rings is 1. The molecule has 1 saturated carbocycles. The second-order valence-electron chi connectivity index (χ2n) is 5.62. The molecule has 0 aromatic carbocycles. The van der Waals surface area contributed by atoms with Crippen LogP contribution in [0.3, 0.4) is 0 Å². The van der Waals surface area contributed by atoms with Crippen LogP contribution in [-0.4, -0.2) is 21.6 Å². The summed E-state index contributed by atoms with van der Waals surface area (Å²) in [5.74, 6) is 1.09. The van der Waals surface area contributed by atoms with Crippen molar-refractivity contribution in [3.8, 4) is 0 Å². The van der Waals surface area contributed by atoms with Crippen LogP contribution in [0, 0.1) is 0 Å². The first kappa shape index (κ1) is 13.8. The van der Waals surface area contributed by atoms with Gasteiger partial charge in [-0.2, -0.15) is 0 Å². The van der Waals surface area contributed by atoms with Gasteiger partial charge in [0.05, 0.1) is 0 Å². The molecule has 3 N–H and O–H groups in total. The van der Waals surface area contributed by atoms with Crippen molar-refractivity contribution in [2.45, 2.75) is 43.8 Å². The van der Waals surface area contributed by atoms with Crippen molar-refractivity contribution in [2.75, 3.05) is 0 Å². The zero-order chi connectivity index (χ0) is 13.9. The standard InChI is InChI=1S/C15H22N4S/c1-19-9-8-17-15(19)14(13-3-2-10-20-13)18-12-6-4-11(16)5-7-12/h2-3,8-12,14,18H,4-7,16H2,1H3. The van der Waals surface area contributed by atoms with E-state index in [1.165, 1.54) is 4.88 Å². The first-order valence-electron chi connectivity index (χ1n) is 7.26. The Hall–Kier alpha value is -1.17. The lowest BCUT2D eigenvalue weighted by molar-refractivity contribution is 0.324. The number of nitrogens with zero attached hydrogens (tertiary/aromatic N) is 2. The number of hydrogen-bond donors (Lipinski definition) is 2. The lowest BCUT2D eigenvalue weighted by atomic mass is 9.91. The number of rotatable bonds is 4. The maximum absolute atomic E-state index is 6.00. The first-order valence-corrected chi connectivity index (χ1v) is 8.14. The highest BCUT2D eigenvalue weighted by Crippen LogP contribution is 2.28. The summed E-state index contributed by atoms with van der Waals surface area (Å²) in [7, 11) is 2.06. The van der Waals surface area contributed by atoms with Gasteiger partial charge in [0.15, 0.2) is 0 Å². The van der Waals surface area contributed by atoms with Crippen LogP contribution >= 0.6 is 11.3 Å². The summed E-state index contributed by atoms with van der Waals surface area (Å²) in [6.07, 6.45) is 8.44. The number of nitrogens with two attached hydrogens (primary N) is 1. The highest BCUT2D eigenvalue weighted by atomic mass is 32.1. The molecule has 0 bridgehead atoms. The maximum atomic E-state index is 6.00. The molecule has 1 aliphatic rings. The van der Waals surface area contributed by atoms with E-state index >= 15 is 0 Å². The normalized spacial score (nSPS) is 24.7. The second-order valence-corrected chi connectivity index (χ2v) is 6.60. The molecule has 0 amide bonds. The number of nitrogens with one attached hydrogen (secondary N) is 1. The highest BCUT2D eigenvalue weighted by molar-refractivity contribution is 7.10. The second kappa shape index (κ2) is 6.08. The van der Waals surface area contributed by atoms with Gasteiger partial charge in [0.1, 0.15) is 11.9 Å². The van der Waals surface area contributed by atoms with Crippen molar-refractivity contribution in [1.82, 2.24) is 14.9 Å². The van der Waals surface area contributed by atoms with Crippen LogP contribution < -0.4 is 11.1 Å². The molecule has 0 aliphatic heterocycles. The van der Waals surface area contributed by atoms with Crippen molar-refractivity contribution in [3.63, 3.8) is 0 Å². The van der Waals surface area contributed by atoms with Crippen LogP contribution in [0.15, 0.2) is 29.9 Å². The van der Waals surface area contributed by atoms with Gasteiger partial charge in [0, 0.05) is 36.4 Å². The molecule has 3 rings (SSSR count). The molecule has 20 heavy (non-hydrogen) atoms. The lowest BCUT2D eigenvalue weighted by Crippen LogP contribution is -2.40. The summed E-state index contributed by atoms with van der Waals surface area (Å²) in [6, 6.07) is 5.41. The fraction of sp³-hybridized carbons (Fsp3) is 0.533. The molecule has 1 atom stereocenters. The molecule has 2 aromatic rings. The third-order valence-corrected chi connectivity index (χ3v) is 5.06. The van der Waals surface area contributed by atoms with Crippen LogP contribution in [0.25, 0.3) is 0 Å². The molecule has 0 radical (unpaired) electrons. The average Bonchev–Trinajstić information content (AvgIpc) is 3.10. The van der Waals surface area contributed by atoms with Gasteiger partial charge in [0.25, 0.3) is 0 Å². The third-order valence-electron chi connectivity index (χ3n) is 4.12. The van der Waals surface area contributed by atoms with Crippen LogP contribution in [0.4, 0.5) is 0 Å². The SMILES string of the molecule is Cn1ccnc1C(NC1CCC(N)CC1)c1cccs1. The summed E-state index contributed by atoms with van der Waals surface area (Å²) in [5, 5.41) is 5.92. The fourth-order valence-corrected chi connectivity index (χ4v) is 3.70. The molecular weight excluding hydrogens is 268 g/mol. The van der Waals surface area contributed by atoms with Crippen LogP contribution in [0.5, 0.6) is 0 Å². The number of thiophene rings is 1. The van der Waals surface area contributed by atoms with E-state index in [0.717, 1.165) is 31.5 Å². The zero-order valence-electron chi connectivity index (χ0n) is 11.8. The predicted molar refractivity (Wildman–Crippen MR) is 82.7 cm³/mol. The lowest BCUT2D eigenvalue weighted by Gasteiger charge is -2.30. The Morgan fingerprint density at radius 1 is 1.40 bits per heavy atom. The summed E-state index contributed by atoms with van der Waals surface area (Å²) in [5.41, 5.74) is 6.00. The van der Waals surface area contributed by atoms with Gasteiger partial charge in [-0.1, -0.05) is 6.07 Å². The Kier molecular flexibility index (Phi) is 4.19. The Morgan fingerprint density at radius 3 is 2.80 bits per heavy atom. The van der Waals surface area contributed by atoms with E-state index < -0.39 is 0 Å². The summed E-state index contributed by atoms with van der Waals surface area (Å²) >= 11 is 1.79. The molecule has 5 heteroatoms. The zero-order valence-corrected chi connectivity index (χ0v) is 12.6. The van der Waals surface area contributed by atoms with E-state index in [0.29, 0.717) is 12.1 Å². The molecule has 2 aromatic heterocycles. The molecule has 2 heterocycles. The van der Waals surface area contributed by atoms with Crippen LogP contribution in [-0.2, 0) is 7.05 Å². The minimum Gasteiger partial charge on any atom is -0.336 e. The van der Waals surface area contributed by atoms with E-state index in [1.807, 2.05) is 12.4 Å². The summed E-state index contributed by atoms with van der Waals surface area (Å²) in [4.78, 5) is 5.86. The van der Waals surface area contributed by atoms with E-state index in [4.69, 9.17) is 5.73 Å². The minimum absolute atomic E-state index is 0.189. The van der Waals surface area contributed by atoms with Gasteiger partial charge >= 0.3 is 0 Å². The smallest absolute Gasteiger partial charge is 0.131 e. The summed E-state index contributed by atoms with van der Waals surface area (Å²) in [6.45, 7) is 0. The van der Waals surface area contributed by atoms with Gasteiger partial charge in [-0.25, -0.2) is 4.98 Å². The molecule has 1 aliphatic carbocycles. The van der Waals surface area contributed by atoms with E-state index in [1.54, 1.807) is 11.3 Å². The Balaban J connectivity index is 1.78. The predicted octanol–water partition coefficient (Wildman–Crippen LogP) is 2.43. The van der Waals surface area contributed by atoms with Crippen molar-refractivity contribution >= 4 is 11.3 Å². The number of aryl methyl sites for hydroxylation is 1. The monoisotopic (exact) mass is 290 g/mol. The molecule has 4 nitrogen and oxygen atoms in total. The topological polar surface area (TPSA) is 55.9 Å². The molecule has 108 valence electrons. The van der Waals surface area contributed by atoms with Gasteiger partial charge in [-0.05, 0) is 37.1 Å². The van der Waals surface area contributed by atoms with Crippen molar-refractivity contribution in [2.24, 2.45) is 12.8 Å². The highest BCUT2D eigenvalue weighted by Gasteiger charge is 2.25. The molecule has 1 fully saturated rings. The maximum Gasteiger partial charge on any atom is 0.131 e. The fourth-order valence-electron chi connectivity index (χ4n) is 2.92. The van der Waals surface area contributed by atoms with Crippen molar-refractivity contribution < 1.29 is 0 Å². The third kappa shape index (κ3) is 2.95. The first-order chi connectivity index (χ1) is 9.74. The summed E-state index contributed by atoms with van der Waals surface area (Å²) < 4.78 is 2.10. The minimum atomic E-state index is 0.189. The van der Waals surface area contributed by atoms with E-state index in [2.05, 4.69) is 39.4 Å². The average molecular weight is 290 g/mol. The quantitative estimate of drug-likeness (QED) is 0.909. The van der Waals surface area contributed by atoms with Gasteiger partial charge in [0.2, 0.25) is 0 Å². The van der Waals surface area contributed by atoms with Gasteiger partial charge in [-0.15, -0.1) is 11.3 Å². The Labute approximate surface area is 124 Å². The number of hydrogen-bond acceptors (Lipinski definition) is 4. The largest absolute Gasteiger partial charge is 0.336 e. The van der Waals surface area contributed by atoms with Gasteiger partial charge in [-0.3, -0.25) is 0 Å². The Bertz CT molecular complexity index is 526. The van der Waals surface area contributed by atoms with Crippen molar-refractivity contribution in [1.29, 1.82) is 0 Å². The Morgan fingerprint density at radius 2 is 2.20 bits per heavy atom. The molecule has 0 spiro atoms. The van der Waals surface area contributed by atoms with E-state index in [-0.39, 0.29) is 6.04 Å². The molecular formula is C15H22N4S. The van der Waals surface area contributed by atoms with Crippen molar-refractivity contribution in [3.05, 3.63) is 40.6 Å². The molecule has 1 unspecified atom stereocenters. The number of aromatic nitrogens is 2. The van der Waals surface area contributed by atoms with E-state index in [9.17, 15) is 0 Å². The molecule has 0 saturated heterocycles. The van der Waals surface area contributed by atoms with Crippen LogP contribution in [0.2, 0.25) is 0 Å². The van der Waals surface area contributed by atoms with Crippen LogP contribution in [0.1, 0.15) is 42.4 Å². The van der Waals surface area contributed by atoms with Gasteiger partial charge < -0.3 is 15.6 Å².